The molecule has 0 radical (unpaired) electrons. The van der Waals surface area contributed by atoms with Crippen molar-refractivity contribution in [2.24, 2.45) is 0 Å². The lowest BCUT2D eigenvalue weighted by atomic mass is 10.1. The van der Waals surface area contributed by atoms with E-state index < -0.39 is 5.97 Å². The maximum Gasteiger partial charge on any atom is 0.339 e. The van der Waals surface area contributed by atoms with Gasteiger partial charge in [-0.1, -0.05) is 0 Å². The molecule has 13 heavy (non-hydrogen) atoms. The molecule has 0 aromatic heterocycles. The van der Waals surface area contributed by atoms with Gasteiger partial charge in [-0.3, -0.25) is 4.79 Å². The van der Waals surface area contributed by atoms with Gasteiger partial charge in [-0.25, -0.2) is 4.79 Å². The normalized spacial score (nSPS) is 9.62. The van der Waals surface area contributed by atoms with Crippen molar-refractivity contribution in [1.82, 2.24) is 0 Å². The van der Waals surface area contributed by atoms with E-state index in [0.29, 0.717) is 11.8 Å². The van der Waals surface area contributed by atoms with E-state index in [0.717, 1.165) is 6.07 Å². The van der Waals surface area contributed by atoms with Crippen molar-refractivity contribution in [2.45, 2.75) is 6.92 Å². The third-order valence-corrected chi connectivity index (χ3v) is 1.74. The molecule has 1 rings (SSSR count). The van der Waals surface area contributed by atoms with Crippen LogP contribution in [0, 0.1) is 6.92 Å². The minimum atomic E-state index is -1.25. The zero-order chi connectivity index (χ0) is 10.0. The summed E-state index contributed by atoms with van der Waals surface area (Å²) >= 11 is 0. The van der Waals surface area contributed by atoms with Crippen LogP contribution in [-0.4, -0.2) is 22.5 Å². The third kappa shape index (κ3) is 1.66. The van der Waals surface area contributed by atoms with Gasteiger partial charge in [-0.05, 0) is 24.6 Å². The molecule has 2 N–H and O–H groups in total. The Morgan fingerprint density at radius 1 is 1.46 bits per heavy atom. The number of phenols is 1. The molecule has 1 aromatic rings. The van der Waals surface area contributed by atoms with Crippen molar-refractivity contribution in [3.63, 3.8) is 0 Å². The molecule has 0 fully saturated rings. The molecule has 0 aliphatic carbocycles. The zero-order valence-electron chi connectivity index (χ0n) is 6.94. The molecule has 0 unspecified atom stereocenters. The van der Waals surface area contributed by atoms with Gasteiger partial charge in [0.25, 0.3) is 0 Å². The first-order chi connectivity index (χ1) is 6.06. The van der Waals surface area contributed by atoms with Gasteiger partial charge in [-0.15, -0.1) is 0 Å². The van der Waals surface area contributed by atoms with Crippen molar-refractivity contribution in [1.29, 1.82) is 0 Å². The van der Waals surface area contributed by atoms with E-state index in [4.69, 9.17) is 5.11 Å². The molecule has 0 saturated heterocycles. The number of carbonyl (C=O) groups excluding carboxylic acids is 1. The number of rotatable bonds is 2. The fourth-order valence-corrected chi connectivity index (χ4v) is 1.01. The fraction of sp³-hybridized carbons (Fsp3) is 0.111. The number of aromatic carboxylic acids is 1. The van der Waals surface area contributed by atoms with E-state index in [2.05, 4.69) is 0 Å². The largest absolute Gasteiger partial charge is 0.507 e. The Morgan fingerprint density at radius 3 is 2.54 bits per heavy atom. The second-order valence-electron chi connectivity index (χ2n) is 2.65. The predicted molar refractivity (Wildman–Crippen MR) is 45.2 cm³/mol. The number of aromatic hydroxyl groups is 1. The van der Waals surface area contributed by atoms with E-state index in [9.17, 15) is 14.7 Å². The smallest absolute Gasteiger partial charge is 0.339 e. The van der Waals surface area contributed by atoms with Crippen LogP contribution in [0.25, 0.3) is 0 Å². The summed E-state index contributed by atoms with van der Waals surface area (Å²) in [5.74, 6) is -1.57. The maximum absolute atomic E-state index is 10.5. The molecule has 0 spiro atoms. The molecule has 4 heteroatoms. The maximum atomic E-state index is 10.5. The number of hydrogen-bond acceptors (Lipinski definition) is 3. The Bertz CT molecular complexity index is 368. The van der Waals surface area contributed by atoms with E-state index in [1.165, 1.54) is 6.07 Å². The lowest BCUT2D eigenvalue weighted by Crippen LogP contribution is -1.99. The topological polar surface area (TPSA) is 74.6 Å². The summed E-state index contributed by atoms with van der Waals surface area (Å²) in [6, 6.07) is 2.41. The number of aldehydes is 1. The van der Waals surface area contributed by atoms with E-state index in [1.807, 2.05) is 0 Å². The lowest BCUT2D eigenvalue weighted by Gasteiger charge is -2.03. The highest BCUT2D eigenvalue weighted by Gasteiger charge is 2.11. The number of carboxylic acids is 1. The Balaban J connectivity index is 3.38. The number of carbonyl (C=O) groups is 2. The lowest BCUT2D eigenvalue weighted by molar-refractivity contribution is 0.0693. The molecule has 0 amide bonds. The molecule has 68 valence electrons. The highest BCUT2D eigenvalue weighted by Crippen LogP contribution is 2.21. The van der Waals surface area contributed by atoms with Gasteiger partial charge in [-0.2, -0.15) is 0 Å². The Labute approximate surface area is 74.4 Å². The summed E-state index contributed by atoms with van der Waals surface area (Å²) in [5, 5.41) is 17.8. The summed E-state index contributed by atoms with van der Waals surface area (Å²) in [6.07, 6.45) is 0.557. The summed E-state index contributed by atoms with van der Waals surface area (Å²) in [7, 11) is 0. The average Bonchev–Trinajstić information content (AvgIpc) is 2.03. The monoisotopic (exact) mass is 180 g/mol. The van der Waals surface area contributed by atoms with Crippen LogP contribution in [0.3, 0.4) is 0 Å². The minimum absolute atomic E-state index is 0.257. The molecular formula is C9H8O4. The zero-order valence-corrected chi connectivity index (χ0v) is 6.94. The summed E-state index contributed by atoms with van der Waals surface area (Å²) in [5.41, 5.74) is 0.570. The van der Waals surface area contributed by atoms with Crippen LogP contribution in [0.2, 0.25) is 0 Å². The SMILES string of the molecule is Cc1cc(O)c(C(=O)O)cc1C=O. The van der Waals surface area contributed by atoms with Crippen LogP contribution in [0.1, 0.15) is 26.3 Å². The standard InChI is InChI=1S/C9H8O4/c1-5-2-8(11)7(9(12)13)3-6(5)4-10/h2-4,11H,1H3,(H,12,13). The minimum Gasteiger partial charge on any atom is -0.507 e. The first kappa shape index (κ1) is 9.25. The van der Waals surface area contributed by atoms with Gasteiger partial charge in [0.05, 0.1) is 0 Å². The number of aryl methyl sites for hydroxylation is 1. The van der Waals surface area contributed by atoms with Crippen LogP contribution >= 0.6 is 0 Å². The molecule has 0 heterocycles. The van der Waals surface area contributed by atoms with Gasteiger partial charge < -0.3 is 10.2 Å². The van der Waals surface area contributed by atoms with Crippen LogP contribution < -0.4 is 0 Å². The molecule has 0 aliphatic rings. The molecule has 0 bridgehead atoms. The van der Waals surface area contributed by atoms with Gasteiger partial charge >= 0.3 is 5.97 Å². The third-order valence-electron chi connectivity index (χ3n) is 1.74. The average molecular weight is 180 g/mol. The fourth-order valence-electron chi connectivity index (χ4n) is 1.01. The number of hydrogen-bond donors (Lipinski definition) is 2. The van der Waals surface area contributed by atoms with E-state index in [1.54, 1.807) is 6.92 Å². The first-order valence-electron chi connectivity index (χ1n) is 3.58. The molecule has 4 nitrogen and oxygen atoms in total. The van der Waals surface area contributed by atoms with Crippen LogP contribution in [0.15, 0.2) is 12.1 Å². The van der Waals surface area contributed by atoms with Crippen LogP contribution in [0.5, 0.6) is 5.75 Å². The predicted octanol–water partition coefficient (Wildman–Crippen LogP) is 1.21. The van der Waals surface area contributed by atoms with Gasteiger partial charge in [0, 0.05) is 5.56 Å². The highest BCUT2D eigenvalue weighted by atomic mass is 16.4. The van der Waals surface area contributed by atoms with Crippen molar-refractivity contribution >= 4 is 12.3 Å². The Morgan fingerprint density at radius 2 is 2.08 bits per heavy atom. The molecule has 0 atom stereocenters. The summed E-state index contributed by atoms with van der Waals surface area (Å²) in [4.78, 5) is 21.0. The number of carboxylic acid groups (broad SMARTS) is 1. The highest BCUT2D eigenvalue weighted by molar-refractivity contribution is 5.93. The Kier molecular flexibility index (Phi) is 2.32. The number of benzene rings is 1. The van der Waals surface area contributed by atoms with Crippen molar-refractivity contribution < 1.29 is 19.8 Å². The molecule has 0 saturated carbocycles. The van der Waals surface area contributed by atoms with Crippen LogP contribution in [0.4, 0.5) is 0 Å². The van der Waals surface area contributed by atoms with Gasteiger partial charge in [0.1, 0.15) is 17.6 Å². The quantitative estimate of drug-likeness (QED) is 0.671. The van der Waals surface area contributed by atoms with Crippen molar-refractivity contribution in [2.75, 3.05) is 0 Å². The summed E-state index contributed by atoms with van der Waals surface area (Å²) < 4.78 is 0. The second kappa shape index (κ2) is 3.26. The van der Waals surface area contributed by atoms with Crippen molar-refractivity contribution in [3.05, 3.63) is 28.8 Å². The second-order valence-corrected chi connectivity index (χ2v) is 2.65. The molecule has 1 aromatic carbocycles. The van der Waals surface area contributed by atoms with E-state index in [-0.39, 0.29) is 16.9 Å². The van der Waals surface area contributed by atoms with Crippen molar-refractivity contribution in [3.8, 4) is 5.75 Å². The molecular weight excluding hydrogens is 172 g/mol. The summed E-state index contributed by atoms with van der Waals surface area (Å²) in [6.45, 7) is 1.62. The van der Waals surface area contributed by atoms with Gasteiger partial charge in [0.15, 0.2) is 0 Å². The molecule has 0 aliphatic heterocycles. The van der Waals surface area contributed by atoms with E-state index >= 15 is 0 Å². The van der Waals surface area contributed by atoms with Crippen LogP contribution in [-0.2, 0) is 0 Å². The Hall–Kier alpha value is -1.84. The van der Waals surface area contributed by atoms with Gasteiger partial charge in [0.2, 0.25) is 0 Å². The first-order valence-corrected chi connectivity index (χ1v) is 3.58.